The van der Waals surface area contributed by atoms with Crippen molar-refractivity contribution in [3.05, 3.63) is 71.3 Å². The minimum atomic E-state index is -0.00125. The maximum atomic E-state index is 12.7. The molecule has 1 saturated heterocycles. The van der Waals surface area contributed by atoms with Crippen LogP contribution in [0.3, 0.4) is 0 Å². The van der Waals surface area contributed by atoms with E-state index < -0.39 is 0 Å². The molecule has 0 radical (unpaired) electrons. The van der Waals surface area contributed by atoms with Crippen LogP contribution in [0, 0.1) is 12.8 Å². The van der Waals surface area contributed by atoms with Crippen LogP contribution in [0.1, 0.15) is 41.9 Å². The van der Waals surface area contributed by atoms with E-state index in [1.54, 1.807) is 0 Å². The first kappa shape index (κ1) is 17.3. The molecule has 3 heteroatoms. The van der Waals surface area contributed by atoms with Gasteiger partial charge in [-0.15, -0.1) is 0 Å². The predicted octanol–water partition coefficient (Wildman–Crippen LogP) is 3.96. The molecular weight excluding hydrogens is 322 g/mol. The van der Waals surface area contributed by atoms with Crippen LogP contribution in [0.15, 0.2) is 54.6 Å². The number of ether oxygens (including phenoxy) is 1. The molecule has 1 saturated carbocycles. The van der Waals surface area contributed by atoms with Crippen LogP contribution in [0.25, 0.3) is 0 Å². The molecule has 1 aliphatic carbocycles. The van der Waals surface area contributed by atoms with E-state index in [-0.39, 0.29) is 17.2 Å². The van der Waals surface area contributed by atoms with Crippen molar-refractivity contribution >= 4 is 5.91 Å². The lowest BCUT2D eigenvalue weighted by Crippen LogP contribution is -2.45. The van der Waals surface area contributed by atoms with Crippen LogP contribution in [0.5, 0.6) is 0 Å². The fourth-order valence-corrected chi connectivity index (χ4v) is 4.18. The third-order valence-corrected chi connectivity index (χ3v) is 6.07. The van der Waals surface area contributed by atoms with E-state index in [4.69, 9.17) is 4.74 Å². The SMILES string of the molecule is Cc1ccc(C2(CNC(=O)[C@@H]3C[C@H]3c3ccccc3)CCOCC2)cc1. The quantitative estimate of drug-likeness (QED) is 0.887. The maximum Gasteiger partial charge on any atom is 0.223 e. The Kier molecular flexibility index (Phi) is 4.82. The summed E-state index contributed by atoms with van der Waals surface area (Å²) < 4.78 is 5.60. The summed E-state index contributed by atoms with van der Waals surface area (Å²) >= 11 is 0. The highest BCUT2D eigenvalue weighted by atomic mass is 16.5. The van der Waals surface area contributed by atoms with Crippen LogP contribution in [-0.2, 0) is 14.9 Å². The summed E-state index contributed by atoms with van der Waals surface area (Å²) in [5, 5.41) is 3.27. The number of rotatable bonds is 5. The minimum absolute atomic E-state index is 0.00125. The van der Waals surface area contributed by atoms with Crippen molar-refractivity contribution in [2.45, 2.75) is 37.5 Å². The number of carbonyl (C=O) groups is 1. The van der Waals surface area contributed by atoms with Crippen LogP contribution in [-0.4, -0.2) is 25.7 Å². The van der Waals surface area contributed by atoms with E-state index in [2.05, 4.69) is 60.8 Å². The van der Waals surface area contributed by atoms with Crippen LogP contribution in [0.4, 0.5) is 0 Å². The highest BCUT2D eigenvalue weighted by Crippen LogP contribution is 2.47. The molecule has 0 spiro atoms. The van der Waals surface area contributed by atoms with Gasteiger partial charge >= 0.3 is 0 Å². The largest absolute Gasteiger partial charge is 0.381 e. The van der Waals surface area contributed by atoms with Gasteiger partial charge in [0.15, 0.2) is 0 Å². The molecule has 3 nitrogen and oxygen atoms in total. The molecule has 1 amide bonds. The smallest absolute Gasteiger partial charge is 0.223 e. The van der Waals surface area contributed by atoms with E-state index in [1.807, 2.05) is 6.07 Å². The topological polar surface area (TPSA) is 38.3 Å². The van der Waals surface area contributed by atoms with Crippen molar-refractivity contribution in [3.8, 4) is 0 Å². The van der Waals surface area contributed by atoms with Crippen LogP contribution < -0.4 is 5.32 Å². The number of aryl methyl sites for hydroxylation is 1. The Hall–Kier alpha value is -2.13. The minimum Gasteiger partial charge on any atom is -0.381 e. The van der Waals surface area contributed by atoms with Gasteiger partial charge < -0.3 is 10.1 Å². The first-order valence-electron chi connectivity index (χ1n) is 9.65. The monoisotopic (exact) mass is 349 g/mol. The second kappa shape index (κ2) is 7.24. The van der Waals surface area contributed by atoms with Crippen molar-refractivity contribution in [1.29, 1.82) is 0 Å². The molecule has 26 heavy (non-hydrogen) atoms. The first-order chi connectivity index (χ1) is 12.7. The number of hydrogen-bond donors (Lipinski definition) is 1. The summed E-state index contributed by atoms with van der Waals surface area (Å²) in [7, 11) is 0. The van der Waals surface area contributed by atoms with Gasteiger partial charge in [0, 0.05) is 31.1 Å². The summed E-state index contributed by atoms with van der Waals surface area (Å²) in [6, 6.07) is 19.2. The van der Waals surface area contributed by atoms with Gasteiger partial charge in [0.2, 0.25) is 5.91 Å². The zero-order valence-corrected chi connectivity index (χ0v) is 15.4. The fraction of sp³-hybridized carbons (Fsp3) is 0.435. The highest BCUT2D eigenvalue weighted by Gasteiger charge is 2.44. The molecule has 2 aliphatic rings. The third-order valence-electron chi connectivity index (χ3n) is 6.07. The van der Waals surface area contributed by atoms with Crippen molar-refractivity contribution in [2.24, 2.45) is 5.92 Å². The molecule has 1 aliphatic heterocycles. The maximum absolute atomic E-state index is 12.7. The van der Waals surface area contributed by atoms with Crippen molar-refractivity contribution in [2.75, 3.05) is 19.8 Å². The standard InChI is InChI=1S/C23H27NO2/c1-17-7-9-19(10-8-17)23(11-13-26-14-12-23)16-24-22(25)21-15-20(21)18-5-3-2-4-6-18/h2-10,20-21H,11-16H2,1H3,(H,24,25)/t20-,21+/m0/s1. The summed E-state index contributed by atoms with van der Waals surface area (Å²) in [6.07, 6.45) is 2.89. The van der Waals surface area contributed by atoms with Gasteiger partial charge in [-0.3, -0.25) is 4.79 Å². The lowest BCUT2D eigenvalue weighted by molar-refractivity contribution is -0.122. The zero-order chi connectivity index (χ0) is 18.0. The van der Waals surface area contributed by atoms with Gasteiger partial charge in [-0.2, -0.15) is 0 Å². The lowest BCUT2D eigenvalue weighted by atomic mass is 9.74. The summed E-state index contributed by atoms with van der Waals surface area (Å²) in [4.78, 5) is 12.7. The first-order valence-corrected chi connectivity index (χ1v) is 9.65. The van der Waals surface area contributed by atoms with Gasteiger partial charge in [-0.25, -0.2) is 0 Å². The summed E-state index contributed by atoms with van der Waals surface area (Å²) in [5.41, 5.74) is 3.87. The van der Waals surface area contributed by atoms with Crippen molar-refractivity contribution < 1.29 is 9.53 Å². The number of amides is 1. The van der Waals surface area contributed by atoms with E-state index in [9.17, 15) is 4.79 Å². The Morgan fingerprint density at radius 2 is 1.77 bits per heavy atom. The number of benzene rings is 2. The Morgan fingerprint density at radius 3 is 2.46 bits per heavy atom. The molecule has 4 rings (SSSR count). The molecular formula is C23H27NO2. The Labute approximate surface area is 155 Å². The lowest BCUT2D eigenvalue weighted by Gasteiger charge is -2.38. The van der Waals surface area contributed by atoms with Gasteiger partial charge in [-0.1, -0.05) is 60.2 Å². The Bertz CT molecular complexity index is 748. The van der Waals surface area contributed by atoms with E-state index in [1.165, 1.54) is 16.7 Å². The molecule has 2 fully saturated rings. The third kappa shape index (κ3) is 3.54. The van der Waals surface area contributed by atoms with Gasteiger partial charge in [0.05, 0.1) is 0 Å². The van der Waals surface area contributed by atoms with Gasteiger partial charge in [0.25, 0.3) is 0 Å². The molecule has 2 atom stereocenters. The molecule has 0 aromatic heterocycles. The highest BCUT2D eigenvalue weighted by molar-refractivity contribution is 5.83. The number of nitrogens with one attached hydrogen (secondary N) is 1. The number of hydrogen-bond acceptors (Lipinski definition) is 2. The van der Waals surface area contributed by atoms with Crippen LogP contribution >= 0.6 is 0 Å². The summed E-state index contributed by atoms with van der Waals surface area (Å²) in [5.74, 6) is 0.727. The molecule has 0 bridgehead atoms. The van der Waals surface area contributed by atoms with Gasteiger partial charge in [-0.05, 0) is 43.2 Å². The zero-order valence-electron chi connectivity index (χ0n) is 15.4. The normalized spacial score (nSPS) is 24.0. The van der Waals surface area contributed by atoms with Crippen molar-refractivity contribution in [3.63, 3.8) is 0 Å². The number of carbonyl (C=O) groups excluding carboxylic acids is 1. The molecule has 1 heterocycles. The Balaban J connectivity index is 1.42. The fourth-order valence-electron chi connectivity index (χ4n) is 4.18. The van der Waals surface area contributed by atoms with Crippen molar-refractivity contribution in [1.82, 2.24) is 5.32 Å². The Morgan fingerprint density at radius 1 is 1.08 bits per heavy atom. The molecule has 1 N–H and O–H groups in total. The second-order valence-corrected chi connectivity index (χ2v) is 7.84. The van der Waals surface area contributed by atoms with E-state index >= 15 is 0 Å². The second-order valence-electron chi connectivity index (χ2n) is 7.84. The average Bonchev–Trinajstić information content (AvgIpc) is 3.49. The molecule has 136 valence electrons. The molecule has 2 aromatic rings. The van der Waals surface area contributed by atoms with Crippen LogP contribution in [0.2, 0.25) is 0 Å². The summed E-state index contributed by atoms with van der Waals surface area (Å²) in [6.45, 7) is 4.34. The average molecular weight is 349 g/mol. The van der Waals surface area contributed by atoms with Gasteiger partial charge in [0.1, 0.15) is 0 Å². The predicted molar refractivity (Wildman–Crippen MR) is 103 cm³/mol. The molecule has 2 aromatic carbocycles. The van der Waals surface area contributed by atoms with E-state index in [0.29, 0.717) is 12.5 Å². The van der Waals surface area contributed by atoms with E-state index in [0.717, 1.165) is 32.5 Å². The molecule has 0 unspecified atom stereocenters.